The molecule has 0 bridgehead atoms. The Morgan fingerprint density at radius 3 is 2.78 bits per heavy atom. The maximum atomic E-state index is 4.67. The number of rotatable bonds is 4. The summed E-state index contributed by atoms with van der Waals surface area (Å²) >= 11 is 0. The molecule has 3 nitrogen and oxygen atoms in total. The molecule has 0 saturated heterocycles. The van der Waals surface area contributed by atoms with Crippen LogP contribution in [-0.4, -0.2) is 16.3 Å². The molecule has 0 spiro atoms. The second-order valence-corrected chi connectivity index (χ2v) is 4.81. The summed E-state index contributed by atoms with van der Waals surface area (Å²) in [6, 6.07) is 8.56. The average Bonchev–Trinajstić information content (AvgIpc) is 2.67. The summed E-state index contributed by atoms with van der Waals surface area (Å²) in [7, 11) is 2.00. The number of hydrogen-bond acceptors (Lipinski definition) is 2. The predicted molar refractivity (Wildman–Crippen MR) is 76.6 cm³/mol. The molecule has 96 valence electrons. The van der Waals surface area contributed by atoms with Crippen LogP contribution in [0.4, 0.5) is 0 Å². The number of hydrogen-bond donors (Lipinski definition) is 1. The van der Waals surface area contributed by atoms with Gasteiger partial charge in [0.05, 0.1) is 17.3 Å². The smallest absolute Gasteiger partial charge is 0.0911 e. The largest absolute Gasteiger partial charge is 0.306 e. The summed E-state index contributed by atoms with van der Waals surface area (Å²) in [4.78, 5) is 0. The van der Waals surface area contributed by atoms with E-state index >= 15 is 0 Å². The van der Waals surface area contributed by atoms with E-state index in [2.05, 4.69) is 61.5 Å². The SMILES string of the molecule is CCNC(C=C(C)C)c1nn(C)c2ccccc12. The number of aromatic nitrogens is 2. The highest BCUT2D eigenvalue weighted by molar-refractivity contribution is 5.82. The number of nitrogens with one attached hydrogen (secondary N) is 1. The Balaban J connectivity index is 2.54. The lowest BCUT2D eigenvalue weighted by atomic mass is 10.1. The lowest BCUT2D eigenvalue weighted by Crippen LogP contribution is -2.20. The number of fused-ring (bicyclic) bond motifs is 1. The zero-order chi connectivity index (χ0) is 13.1. The number of benzene rings is 1. The van der Waals surface area contributed by atoms with E-state index in [0.717, 1.165) is 12.2 Å². The molecule has 3 heteroatoms. The first-order valence-electron chi connectivity index (χ1n) is 6.43. The Kier molecular flexibility index (Phi) is 3.82. The number of para-hydroxylation sites is 1. The molecule has 1 aromatic heterocycles. The summed E-state index contributed by atoms with van der Waals surface area (Å²) in [5.74, 6) is 0. The molecule has 1 N–H and O–H groups in total. The summed E-state index contributed by atoms with van der Waals surface area (Å²) in [6.07, 6.45) is 2.23. The van der Waals surface area contributed by atoms with Gasteiger partial charge >= 0.3 is 0 Å². The van der Waals surface area contributed by atoms with Gasteiger partial charge in [-0.25, -0.2) is 0 Å². The molecule has 0 aliphatic rings. The van der Waals surface area contributed by atoms with Gasteiger partial charge < -0.3 is 5.32 Å². The van der Waals surface area contributed by atoms with Gasteiger partial charge in [0, 0.05) is 12.4 Å². The van der Waals surface area contributed by atoms with Gasteiger partial charge in [0.1, 0.15) is 0 Å². The summed E-state index contributed by atoms with van der Waals surface area (Å²) < 4.78 is 1.95. The standard InChI is InChI=1S/C15H21N3/c1-5-16-13(10-11(2)3)15-12-8-6-7-9-14(12)18(4)17-15/h6-10,13,16H,5H2,1-4H3. The quantitative estimate of drug-likeness (QED) is 0.836. The second-order valence-electron chi connectivity index (χ2n) is 4.81. The highest BCUT2D eigenvalue weighted by atomic mass is 15.3. The molecule has 1 unspecified atom stereocenters. The zero-order valence-electron chi connectivity index (χ0n) is 11.6. The summed E-state index contributed by atoms with van der Waals surface area (Å²) in [6.45, 7) is 7.29. The zero-order valence-corrected chi connectivity index (χ0v) is 11.6. The number of nitrogens with zero attached hydrogens (tertiary/aromatic N) is 2. The van der Waals surface area contributed by atoms with Gasteiger partial charge in [0.15, 0.2) is 0 Å². The van der Waals surface area contributed by atoms with Crippen LogP contribution in [0.1, 0.15) is 32.5 Å². The van der Waals surface area contributed by atoms with Crippen LogP contribution in [-0.2, 0) is 7.05 Å². The van der Waals surface area contributed by atoms with Gasteiger partial charge in [-0.1, -0.05) is 36.8 Å². The van der Waals surface area contributed by atoms with Crippen LogP contribution in [0, 0.1) is 0 Å². The van der Waals surface area contributed by atoms with Crippen LogP contribution in [0.3, 0.4) is 0 Å². The maximum Gasteiger partial charge on any atom is 0.0911 e. The van der Waals surface area contributed by atoms with Gasteiger partial charge in [-0.2, -0.15) is 5.10 Å². The molecule has 2 aromatic rings. The Hall–Kier alpha value is -1.61. The first-order chi connectivity index (χ1) is 8.63. The highest BCUT2D eigenvalue weighted by Gasteiger charge is 2.15. The van der Waals surface area contributed by atoms with Crippen molar-refractivity contribution in [2.24, 2.45) is 7.05 Å². The van der Waals surface area contributed by atoms with Gasteiger partial charge in [-0.15, -0.1) is 0 Å². The molecule has 0 aliphatic carbocycles. The van der Waals surface area contributed by atoms with Gasteiger partial charge in [0.25, 0.3) is 0 Å². The number of aryl methyl sites for hydroxylation is 1. The third-order valence-electron chi connectivity index (χ3n) is 3.01. The molecule has 2 rings (SSSR count). The first kappa shape index (κ1) is 12.8. The van der Waals surface area contributed by atoms with Crippen molar-refractivity contribution >= 4 is 10.9 Å². The van der Waals surface area contributed by atoms with E-state index in [9.17, 15) is 0 Å². The Morgan fingerprint density at radius 1 is 1.39 bits per heavy atom. The summed E-state index contributed by atoms with van der Waals surface area (Å²) in [5.41, 5.74) is 3.59. The molecule has 1 aromatic carbocycles. The molecule has 1 heterocycles. The highest BCUT2D eigenvalue weighted by Crippen LogP contribution is 2.24. The Labute approximate surface area is 109 Å². The van der Waals surface area contributed by atoms with Crippen molar-refractivity contribution in [3.8, 4) is 0 Å². The molecule has 0 saturated carbocycles. The molecular weight excluding hydrogens is 222 g/mol. The minimum absolute atomic E-state index is 0.186. The van der Waals surface area contributed by atoms with Crippen LogP contribution >= 0.6 is 0 Å². The van der Waals surface area contributed by atoms with E-state index in [-0.39, 0.29) is 6.04 Å². The third kappa shape index (κ3) is 2.46. The van der Waals surface area contributed by atoms with E-state index < -0.39 is 0 Å². The minimum Gasteiger partial charge on any atom is -0.306 e. The second kappa shape index (κ2) is 5.36. The van der Waals surface area contributed by atoms with Crippen LogP contribution < -0.4 is 5.32 Å². The molecular formula is C15H21N3. The van der Waals surface area contributed by atoms with Crippen molar-refractivity contribution in [1.82, 2.24) is 15.1 Å². The van der Waals surface area contributed by atoms with Crippen molar-refractivity contribution in [2.75, 3.05) is 6.54 Å². The molecule has 0 amide bonds. The fourth-order valence-electron chi connectivity index (χ4n) is 2.26. The molecule has 0 fully saturated rings. The predicted octanol–water partition coefficient (Wildman–Crippen LogP) is 3.19. The lowest BCUT2D eigenvalue weighted by molar-refractivity contribution is 0.616. The Bertz CT molecular complexity index is 562. The monoisotopic (exact) mass is 243 g/mol. The molecule has 0 aliphatic heterocycles. The molecule has 1 atom stereocenters. The van der Waals surface area contributed by atoms with Crippen LogP contribution in [0.15, 0.2) is 35.9 Å². The van der Waals surface area contributed by atoms with E-state index in [1.54, 1.807) is 0 Å². The van der Waals surface area contributed by atoms with Gasteiger partial charge in [0.2, 0.25) is 0 Å². The van der Waals surface area contributed by atoms with Crippen LogP contribution in [0.2, 0.25) is 0 Å². The minimum atomic E-state index is 0.186. The van der Waals surface area contributed by atoms with E-state index in [1.807, 2.05) is 11.7 Å². The average molecular weight is 243 g/mol. The first-order valence-corrected chi connectivity index (χ1v) is 6.43. The number of likely N-dealkylation sites (N-methyl/N-ethyl adjacent to an activating group) is 1. The van der Waals surface area contributed by atoms with Crippen molar-refractivity contribution < 1.29 is 0 Å². The third-order valence-corrected chi connectivity index (χ3v) is 3.01. The maximum absolute atomic E-state index is 4.67. The van der Waals surface area contributed by atoms with Crippen LogP contribution in [0.25, 0.3) is 10.9 Å². The normalized spacial score (nSPS) is 12.7. The van der Waals surface area contributed by atoms with E-state index in [4.69, 9.17) is 0 Å². The Morgan fingerprint density at radius 2 is 2.11 bits per heavy atom. The number of allylic oxidation sites excluding steroid dienone is 1. The van der Waals surface area contributed by atoms with Crippen molar-refractivity contribution in [2.45, 2.75) is 26.8 Å². The fraction of sp³-hybridized carbons (Fsp3) is 0.400. The fourth-order valence-corrected chi connectivity index (χ4v) is 2.26. The topological polar surface area (TPSA) is 29.9 Å². The summed E-state index contributed by atoms with van der Waals surface area (Å²) in [5, 5.41) is 9.38. The van der Waals surface area contributed by atoms with Crippen molar-refractivity contribution in [1.29, 1.82) is 0 Å². The molecule has 0 radical (unpaired) electrons. The van der Waals surface area contributed by atoms with Crippen LogP contribution in [0.5, 0.6) is 0 Å². The van der Waals surface area contributed by atoms with E-state index in [0.29, 0.717) is 0 Å². The van der Waals surface area contributed by atoms with Gasteiger partial charge in [-0.05, 0) is 26.5 Å². The van der Waals surface area contributed by atoms with Crippen molar-refractivity contribution in [3.63, 3.8) is 0 Å². The lowest BCUT2D eigenvalue weighted by Gasteiger charge is -2.12. The van der Waals surface area contributed by atoms with Gasteiger partial charge in [-0.3, -0.25) is 4.68 Å². The molecule has 18 heavy (non-hydrogen) atoms. The van der Waals surface area contributed by atoms with Crippen molar-refractivity contribution in [3.05, 3.63) is 41.6 Å². The van der Waals surface area contributed by atoms with E-state index in [1.165, 1.54) is 16.5 Å².